The van der Waals surface area contributed by atoms with Gasteiger partial charge in [0.15, 0.2) is 0 Å². The summed E-state index contributed by atoms with van der Waals surface area (Å²) >= 11 is 0. The van der Waals surface area contributed by atoms with E-state index in [0.717, 1.165) is 17.4 Å². The molecule has 0 aliphatic heterocycles. The molecule has 0 bridgehead atoms. The number of hydrogen-bond donors (Lipinski definition) is 1. The molecule has 2 rings (SSSR count). The number of amides is 2. The second kappa shape index (κ2) is 13.3. The Morgan fingerprint density at radius 3 is 2.36 bits per heavy atom. The maximum absolute atomic E-state index is 13.4. The summed E-state index contributed by atoms with van der Waals surface area (Å²) in [7, 11) is -1.95. The number of rotatable bonds is 13. The Balaban J connectivity index is 2.18. The van der Waals surface area contributed by atoms with E-state index in [2.05, 4.69) is 5.32 Å². The molecule has 2 amide bonds. The zero-order valence-electron chi connectivity index (χ0n) is 22.2. The molecule has 1 unspecified atom stereocenters. The number of carbonyl (C=O) groups excluding carboxylic acids is 2. The number of sulfonamides is 1. The van der Waals surface area contributed by atoms with Crippen molar-refractivity contribution in [3.8, 4) is 5.75 Å². The SMILES string of the molecule is COc1cccc(CN(C(=O)CCCN(c2cccc(C)c2)S(C)(=O)=O)C(C)C(=O)NCC(C)C)c1. The summed E-state index contributed by atoms with van der Waals surface area (Å²) in [6.45, 7) is 8.54. The summed E-state index contributed by atoms with van der Waals surface area (Å²) in [5.41, 5.74) is 2.35. The third-order valence-electron chi connectivity index (χ3n) is 5.78. The summed E-state index contributed by atoms with van der Waals surface area (Å²) in [6, 6.07) is 13.9. The Morgan fingerprint density at radius 2 is 1.75 bits per heavy atom. The monoisotopic (exact) mass is 517 g/mol. The highest BCUT2D eigenvalue weighted by Gasteiger charge is 2.27. The van der Waals surface area contributed by atoms with Crippen LogP contribution >= 0.6 is 0 Å². The van der Waals surface area contributed by atoms with Crippen LogP contribution in [-0.4, -0.2) is 57.6 Å². The fraction of sp³-hybridized carbons (Fsp3) is 0.481. The molecule has 1 atom stereocenters. The number of nitrogens with zero attached hydrogens (tertiary/aromatic N) is 2. The lowest BCUT2D eigenvalue weighted by atomic mass is 10.1. The molecule has 8 nitrogen and oxygen atoms in total. The minimum atomic E-state index is -3.52. The van der Waals surface area contributed by atoms with Crippen molar-refractivity contribution >= 4 is 27.5 Å². The van der Waals surface area contributed by atoms with Crippen molar-refractivity contribution in [2.24, 2.45) is 5.92 Å². The van der Waals surface area contributed by atoms with E-state index >= 15 is 0 Å². The van der Waals surface area contributed by atoms with Crippen LogP contribution in [0.1, 0.15) is 44.7 Å². The molecule has 0 radical (unpaired) electrons. The van der Waals surface area contributed by atoms with Crippen LogP contribution in [0, 0.1) is 12.8 Å². The van der Waals surface area contributed by atoms with Gasteiger partial charge in [-0.25, -0.2) is 8.42 Å². The van der Waals surface area contributed by atoms with Crippen LogP contribution in [0.4, 0.5) is 5.69 Å². The maximum Gasteiger partial charge on any atom is 0.242 e. The van der Waals surface area contributed by atoms with Crippen molar-refractivity contribution in [2.75, 3.05) is 30.8 Å². The molecule has 2 aromatic rings. The van der Waals surface area contributed by atoms with Crippen molar-refractivity contribution in [1.82, 2.24) is 10.2 Å². The van der Waals surface area contributed by atoms with Gasteiger partial charge in [-0.3, -0.25) is 13.9 Å². The number of methoxy groups -OCH3 is 1. The Kier molecular flexibility index (Phi) is 10.8. The summed E-state index contributed by atoms with van der Waals surface area (Å²) in [5.74, 6) is 0.506. The third-order valence-corrected chi connectivity index (χ3v) is 6.97. The number of anilines is 1. The number of benzene rings is 2. The molecule has 0 aliphatic carbocycles. The van der Waals surface area contributed by atoms with E-state index in [1.807, 2.05) is 51.1 Å². The number of nitrogens with one attached hydrogen (secondary N) is 1. The topological polar surface area (TPSA) is 96.0 Å². The van der Waals surface area contributed by atoms with Crippen molar-refractivity contribution < 1.29 is 22.7 Å². The highest BCUT2D eigenvalue weighted by atomic mass is 32.2. The van der Waals surface area contributed by atoms with E-state index in [-0.39, 0.29) is 37.2 Å². The first kappa shape index (κ1) is 29.2. The summed E-state index contributed by atoms with van der Waals surface area (Å²) < 4.78 is 31.5. The van der Waals surface area contributed by atoms with E-state index in [9.17, 15) is 18.0 Å². The van der Waals surface area contributed by atoms with Crippen molar-refractivity contribution in [2.45, 2.75) is 53.1 Å². The van der Waals surface area contributed by atoms with Crippen LogP contribution in [-0.2, 0) is 26.2 Å². The van der Waals surface area contributed by atoms with Gasteiger partial charge in [0.1, 0.15) is 11.8 Å². The first-order chi connectivity index (χ1) is 16.9. The quantitative estimate of drug-likeness (QED) is 0.437. The van der Waals surface area contributed by atoms with E-state index in [1.54, 1.807) is 37.1 Å². The van der Waals surface area contributed by atoms with Crippen LogP contribution in [0.5, 0.6) is 5.75 Å². The molecule has 2 aromatic carbocycles. The standard InChI is InChI=1S/C27H39N3O5S/c1-20(2)18-28-27(32)22(4)29(19-23-11-8-13-25(17-23)35-5)26(31)14-9-15-30(36(6,33)34)24-12-7-10-21(3)16-24/h7-8,10-13,16-17,20,22H,9,14-15,18-19H2,1-6H3,(H,28,32). The lowest BCUT2D eigenvalue weighted by molar-refractivity contribution is -0.140. The molecule has 198 valence electrons. The lowest BCUT2D eigenvalue weighted by Crippen LogP contribution is -2.48. The third kappa shape index (κ3) is 8.86. The molecule has 0 aromatic heterocycles. The zero-order valence-corrected chi connectivity index (χ0v) is 23.0. The van der Waals surface area contributed by atoms with Gasteiger partial charge in [0.25, 0.3) is 0 Å². The first-order valence-electron chi connectivity index (χ1n) is 12.2. The maximum atomic E-state index is 13.4. The predicted octanol–water partition coefficient (Wildman–Crippen LogP) is 3.74. The minimum Gasteiger partial charge on any atom is -0.497 e. The van der Waals surface area contributed by atoms with E-state index in [1.165, 1.54) is 4.31 Å². The normalized spacial score (nSPS) is 12.2. The van der Waals surface area contributed by atoms with Gasteiger partial charge in [-0.1, -0.05) is 38.1 Å². The molecule has 9 heteroatoms. The van der Waals surface area contributed by atoms with Crippen molar-refractivity contribution in [3.05, 3.63) is 59.7 Å². The van der Waals surface area contributed by atoms with Gasteiger partial charge in [0.2, 0.25) is 21.8 Å². The predicted molar refractivity (Wildman–Crippen MR) is 143 cm³/mol. The summed E-state index contributed by atoms with van der Waals surface area (Å²) in [6.07, 6.45) is 1.58. The smallest absolute Gasteiger partial charge is 0.242 e. The van der Waals surface area contributed by atoms with Gasteiger partial charge in [-0.2, -0.15) is 0 Å². The molecule has 0 saturated carbocycles. The number of aryl methyl sites for hydroxylation is 1. The van der Waals surface area contributed by atoms with Crippen LogP contribution in [0.15, 0.2) is 48.5 Å². The molecule has 0 heterocycles. The van der Waals surface area contributed by atoms with Gasteiger partial charge in [-0.15, -0.1) is 0 Å². The van der Waals surface area contributed by atoms with Crippen LogP contribution in [0.3, 0.4) is 0 Å². The van der Waals surface area contributed by atoms with Crippen molar-refractivity contribution in [3.63, 3.8) is 0 Å². The van der Waals surface area contributed by atoms with Gasteiger partial charge < -0.3 is 15.0 Å². The van der Waals surface area contributed by atoms with Gasteiger partial charge in [0, 0.05) is 26.1 Å². The molecule has 36 heavy (non-hydrogen) atoms. The van der Waals surface area contributed by atoms with Crippen molar-refractivity contribution in [1.29, 1.82) is 0 Å². The highest BCUT2D eigenvalue weighted by Crippen LogP contribution is 2.21. The van der Waals surface area contributed by atoms with Crippen LogP contribution in [0.2, 0.25) is 0 Å². The molecular formula is C27H39N3O5S. The Bertz CT molecular complexity index is 1130. The Hall–Kier alpha value is -3.07. The second-order valence-electron chi connectivity index (χ2n) is 9.47. The largest absolute Gasteiger partial charge is 0.497 e. The fourth-order valence-corrected chi connectivity index (χ4v) is 4.75. The fourth-order valence-electron chi connectivity index (χ4n) is 3.79. The average Bonchev–Trinajstić information content (AvgIpc) is 2.82. The van der Waals surface area contributed by atoms with Gasteiger partial charge in [0.05, 0.1) is 19.1 Å². The molecule has 0 fully saturated rings. The van der Waals surface area contributed by atoms with E-state index < -0.39 is 16.1 Å². The number of hydrogen-bond acceptors (Lipinski definition) is 5. The zero-order chi connectivity index (χ0) is 26.9. The number of ether oxygens (including phenoxy) is 1. The van der Waals surface area contributed by atoms with E-state index in [4.69, 9.17) is 4.74 Å². The highest BCUT2D eigenvalue weighted by molar-refractivity contribution is 7.92. The Morgan fingerprint density at radius 1 is 1.06 bits per heavy atom. The summed E-state index contributed by atoms with van der Waals surface area (Å²) in [5, 5.41) is 2.90. The first-order valence-corrected chi connectivity index (χ1v) is 14.0. The Labute approximate surface area is 215 Å². The average molecular weight is 518 g/mol. The lowest BCUT2D eigenvalue weighted by Gasteiger charge is -2.30. The molecule has 1 N–H and O–H groups in total. The summed E-state index contributed by atoms with van der Waals surface area (Å²) in [4.78, 5) is 27.7. The molecular weight excluding hydrogens is 478 g/mol. The van der Waals surface area contributed by atoms with E-state index in [0.29, 0.717) is 24.4 Å². The molecule has 0 saturated heterocycles. The van der Waals surface area contributed by atoms with Crippen LogP contribution < -0.4 is 14.4 Å². The molecule has 0 aliphatic rings. The van der Waals surface area contributed by atoms with Gasteiger partial charge in [-0.05, 0) is 61.6 Å². The second-order valence-corrected chi connectivity index (χ2v) is 11.4. The molecule has 0 spiro atoms. The number of carbonyl (C=O) groups is 2. The van der Waals surface area contributed by atoms with Gasteiger partial charge >= 0.3 is 0 Å². The van der Waals surface area contributed by atoms with Crippen LogP contribution in [0.25, 0.3) is 0 Å². The minimum absolute atomic E-state index is 0.101.